The van der Waals surface area contributed by atoms with E-state index in [9.17, 15) is 13.5 Å². The van der Waals surface area contributed by atoms with Crippen molar-refractivity contribution in [3.63, 3.8) is 0 Å². The van der Waals surface area contributed by atoms with E-state index in [2.05, 4.69) is 4.72 Å². The monoisotopic (exact) mass is 258 g/mol. The van der Waals surface area contributed by atoms with Crippen LogP contribution in [0, 0.1) is 0 Å². The summed E-state index contributed by atoms with van der Waals surface area (Å²) in [6, 6.07) is 6.51. The topological polar surface area (TPSA) is 69.6 Å². The maximum atomic E-state index is 11.8. The van der Waals surface area contributed by atoms with Gasteiger partial charge in [-0.3, -0.25) is 0 Å². The highest BCUT2D eigenvalue weighted by Gasteiger charge is 2.17. The van der Waals surface area contributed by atoms with Gasteiger partial charge in [-0.2, -0.15) is 17.4 Å². The molecule has 0 spiro atoms. The highest BCUT2D eigenvalue weighted by molar-refractivity contribution is 7.87. The third-order valence-electron chi connectivity index (χ3n) is 2.41. The zero-order chi connectivity index (χ0) is 12.9. The van der Waals surface area contributed by atoms with Crippen molar-refractivity contribution in [2.24, 2.45) is 0 Å². The molecule has 1 rings (SSSR count). The summed E-state index contributed by atoms with van der Waals surface area (Å²) >= 11 is 0. The summed E-state index contributed by atoms with van der Waals surface area (Å²) < 4.78 is 27.4. The summed E-state index contributed by atoms with van der Waals surface area (Å²) in [6.07, 6.45) is 0. The van der Waals surface area contributed by atoms with Crippen molar-refractivity contribution in [1.29, 1.82) is 0 Å². The second-order valence-corrected chi connectivity index (χ2v) is 5.34. The molecule has 0 saturated carbocycles. The number of rotatable bonds is 6. The standard InChI is InChI=1S/C11H18N2O3S/c1-3-13(4-2)17(15,16)12-9-10-6-5-7-11(14)8-10/h5-8,12,14H,3-4,9H2,1-2H3. The molecule has 0 bridgehead atoms. The summed E-state index contributed by atoms with van der Waals surface area (Å²) in [5.41, 5.74) is 0.723. The van der Waals surface area contributed by atoms with E-state index in [4.69, 9.17) is 0 Å². The van der Waals surface area contributed by atoms with Gasteiger partial charge in [-0.25, -0.2) is 0 Å². The molecule has 0 heterocycles. The van der Waals surface area contributed by atoms with Crippen LogP contribution in [0.1, 0.15) is 19.4 Å². The normalized spacial score (nSPS) is 11.9. The fraction of sp³-hybridized carbons (Fsp3) is 0.455. The molecule has 0 radical (unpaired) electrons. The molecular weight excluding hydrogens is 240 g/mol. The second kappa shape index (κ2) is 6.00. The molecule has 17 heavy (non-hydrogen) atoms. The Balaban J connectivity index is 2.67. The van der Waals surface area contributed by atoms with Gasteiger partial charge in [0.05, 0.1) is 0 Å². The molecule has 0 fully saturated rings. The largest absolute Gasteiger partial charge is 0.508 e. The smallest absolute Gasteiger partial charge is 0.279 e. The van der Waals surface area contributed by atoms with Gasteiger partial charge in [-0.15, -0.1) is 0 Å². The number of phenolic OH excluding ortho intramolecular Hbond substituents is 1. The fourth-order valence-electron chi connectivity index (χ4n) is 1.50. The molecule has 0 unspecified atom stereocenters. The van der Waals surface area contributed by atoms with E-state index in [0.29, 0.717) is 13.1 Å². The number of phenols is 1. The molecule has 0 amide bonds. The van der Waals surface area contributed by atoms with Crippen LogP contribution in [-0.2, 0) is 16.8 Å². The Kier molecular flexibility index (Phi) is 4.92. The van der Waals surface area contributed by atoms with Crippen LogP contribution in [0.4, 0.5) is 0 Å². The van der Waals surface area contributed by atoms with E-state index in [0.717, 1.165) is 5.56 Å². The minimum atomic E-state index is -3.43. The predicted octanol–water partition coefficient (Wildman–Crippen LogP) is 1.07. The molecule has 96 valence electrons. The van der Waals surface area contributed by atoms with Crippen molar-refractivity contribution in [3.8, 4) is 5.75 Å². The zero-order valence-electron chi connectivity index (χ0n) is 10.0. The number of hydrogen-bond donors (Lipinski definition) is 2. The lowest BCUT2D eigenvalue weighted by atomic mass is 10.2. The van der Waals surface area contributed by atoms with Crippen LogP contribution in [0.3, 0.4) is 0 Å². The average Bonchev–Trinajstić information content (AvgIpc) is 2.28. The van der Waals surface area contributed by atoms with Gasteiger partial charge in [0, 0.05) is 19.6 Å². The van der Waals surface area contributed by atoms with E-state index >= 15 is 0 Å². The van der Waals surface area contributed by atoms with Crippen molar-refractivity contribution in [2.75, 3.05) is 13.1 Å². The van der Waals surface area contributed by atoms with E-state index in [1.54, 1.807) is 32.0 Å². The quantitative estimate of drug-likeness (QED) is 0.802. The van der Waals surface area contributed by atoms with Crippen LogP contribution in [0.5, 0.6) is 5.75 Å². The number of nitrogens with one attached hydrogen (secondary N) is 1. The highest BCUT2D eigenvalue weighted by Crippen LogP contribution is 2.11. The first-order chi connectivity index (χ1) is 7.99. The lowest BCUT2D eigenvalue weighted by molar-refractivity contribution is 0.434. The highest BCUT2D eigenvalue weighted by atomic mass is 32.2. The molecular formula is C11H18N2O3S. The van der Waals surface area contributed by atoms with Gasteiger partial charge in [0.25, 0.3) is 10.2 Å². The Labute approximate surface area is 102 Å². The second-order valence-electron chi connectivity index (χ2n) is 3.58. The van der Waals surface area contributed by atoms with Gasteiger partial charge in [0.15, 0.2) is 0 Å². The molecule has 0 aliphatic rings. The lowest BCUT2D eigenvalue weighted by Crippen LogP contribution is -2.40. The van der Waals surface area contributed by atoms with Crippen LogP contribution >= 0.6 is 0 Å². The Morgan fingerprint density at radius 2 is 1.94 bits per heavy atom. The molecule has 2 N–H and O–H groups in total. The van der Waals surface area contributed by atoms with Crippen LogP contribution in [0.2, 0.25) is 0 Å². The van der Waals surface area contributed by atoms with Crippen LogP contribution in [0.25, 0.3) is 0 Å². The minimum absolute atomic E-state index is 0.129. The summed E-state index contributed by atoms with van der Waals surface area (Å²) in [7, 11) is -3.43. The maximum absolute atomic E-state index is 11.8. The Bertz CT molecular complexity index is 456. The van der Waals surface area contributed by atoms with Crippen molar-refractivity contribution in [2.45, 2.75) is 20.4 Å². The fourth-order valence-corrected chi connectivity index (χ4v) is 2.71. The molecule has 1 aromatic rings. The summed E-state index contributed by atoms with van der Waals surface area (Å²) in [4.78, 5) is 0. The molecule has 0 aliphatic heterocycles. The number of nitrogens with zero attached hydrogens (tertiary/aromatic N) is 1. The van der Waals surface area contributed by atoms with E-state index < -0.39 is 10.2 Å². The molecule has 0 aliphatic carbocycles. The average molecular weight is 258 g/mol. The molecule has 0 saturated heterocycles. The summed E-state index contributed by atoms with van der Waals surface area (Å²) in [5, 5.41) is 9.26. The Hall–Kier alpha value is -1.11. The Morgan fingerprint density at radius 1 is 1.29 bits per heavy atom. The summed E-state index contributed by atoms with van der Waals surface area (Å²) in [5.74, 6) is 0.129. The van der Waals surface area contributed by atoms with Crippen LogP contribution in [0.15, 0.2) is 24.3 Å². The van der Waals surface area contributed by atoms with Gasteiger partial charge in [-0.05, 0) is 17.7 Å². The zero-order valence-corrected chi connectivity index (χ0v) is 10.9. The van der Waals surface area contributed by atoms with E-state index in [-0.39, 0.29) is 12.3 Å². The van der Waals surface area contributed by atoms with Gasteiger partial charge >= 0.3 is 0 Å². The SMILES string of the molecule is CCN(CC)S(=O)(=O)NCc1cccc(O)c1. The first kappa shape index (κ1) is 14.0. The first-order valence-electron chi connectivity index (χ1n) is 5.52. The minimum Gasteiger partial charge on any atom is -0.508 e. The third-order valence-corrected chi connectivity index (χ3v) is 4.12. The Morgan fingerprint density at radius 3 is 2.47 bits per heavy atom. The van der Waals surface area contributed by atoms with Crippen molar-refractivity contribution >= 4 is 10.2 Å². The molecule has 0 atom stereocenters. The molecule has 5 nitrogen and oxygen atoms in total. The molecule has 0 aromatic heterocycles. The van der Waals surface area contributed by atoms with Crippen molar-refractivity contribution < 1.29 is 13.5 Å². The van der Waals surface area contributed by atoms with Gasteiger partial charge in [0.2, 0.25) is 0 Å². The molecule has 1 aromatic carbocycles. The predicted molar refractivity (Wildman–Crippen MR) is 66.8 cm³/mol. The molecule has 6 heteroatoms. The van der Waals surface area contributed by atoms with Gasteiger partial charge in [-0.1, -0.05) is 26.0 Å². The van der Waals surface area contributed by atoms with Crippen molar-refractivity contribution in [1.82, 2.24) is 9.03 Å². The van der Waals surface area contributed by atoms with Crippen LogP contribution in [-0.4, -0.2) is 30.9 Å². The number of benzene rings is 1. The summed E-state index contributed by atoms with van der Waals surface area (Å²) in [6.45, 7) is 4.62. The number of hydrogen-bond acceptors (Lipinski definition) is 3. The lowest BCUT2D eigenvalue weighted by Gasteiger charge is -2.18. The van der Waals surface area contributed by atoms with Gasteiger partial charge < -0.3 is 5.11 Å². The van der Waals surface area contributed by atoms with Crippen molar-refractivity contribution in [3.05, 3.63) is 29.8 Å². The first-order valence-corrected chi connectivity index (χ1v) is 6.96. The van der Waals surface area contributed by atoms with Gasteiger partial charge in [0.1, 0.15) is 5.75 Å². The van der Waals surface area contributed by atoms with E-state index in [1.807, 2.05) is 0 Å². The van der Waals surface area contributed by atoms with Crippen LogP contribution < -0.4 is 4.72 Å². The van der Waals surface area contributed by atoms with E-state index in [1.165, 1.54) is 10.4 Å². The maximum Gasteiger partial charge on any atom is 0.279 e. The third kappa shape index (κ3) is 3.99. The number of aromatic hydroxyl groups is 1.